The molecule has 0 aliphatic carbocycles. The van der Waals surface area contributed by atoms with Crippen LogP contribution < -0.4 is 0 Å². The molecule has 0 rings (SSSR count). The van der Waals surface area contributed by atoms with Gasteiger partial charge in [0, 0.05) is 6.54 Å². The highest BCUT2D eigenvalue weighted by Gasteiger charge is 2.09. The number of nitrogens with zero attached hydrogens (tertiary/aromatic N) is 1. The number of carbonyl (C=O) groups excluding carboxylic acids is 1. The first-order valence-corrected chi connectivity index (χ1v) is 4.03. The second-order valence-electron chi connectivity index (χ2n) is 2.83. The molecule has 0 aromatic heterocycles. The summed E-state index contributed by atoms with van der Waals surface area (Å²) in [6.07, 6.45) is 0.338. The first-order valence-electron chi connectivity index (χ1n) is 4.03. The molecular formula is C8H17NO3. The number of aliphatic hydroxyl groups excluding tert-OH is 1. The standard InChI is InChI=1S/C8H17NO3/c1-4-7(10)5-9(2)6-8(11)12-3/h7,10H,4-6H2,1-3H3. The van der Waals surface area contributed by atoms with E-state index in [1.165, 1.54) is 7.11 Å². The lowest BCUT2D eigenvalue weighted by Crippen LogP contribution is -2.33. The van der Waals surface area contributed by atoms with Crippen LogP contribution in [-0.4, -0.2) is 49.3 Å². The molecule has 0 bridgehead atoms. The Morgan fingerprint density at radius 3 is 2.67 bits per heavy atom. The molecule has 1 unspecified atom stereocenters. The van der Waals surface area contributed by atoms with Crippen molar-refractivity contribution in [2.24, 2.45) is 0 Å². The van der Waals surface area contributed by atoms with E-state index in [4.69, 9.17) is 0 Å². The van der Waals surface area contributed by atoms with Crippen molar-refractivity contribution < 1.29 is 14.6 Å². The normalized spacial score (nSPS) is 13.1. The summed E-state index contributed by atoms with van der Waals surface area (Å²) in [4.78, 5) is 12.5. The fourth-order valence-electron chi connectivity index (χ4n) is 0.838. The Balaban J connectivity index is 3.58. The lowest BCUT2D eigenvalue weighted by atomic mass is 10.2. The molecule has 0 aliphatic rings. The number of rotatable bonds is 5. The van der Waals surface area contributed by atoms with E-state index in [-0.39, 0.29) is 18.6 Å². The Morgan fingerprint density at radius 2 is 2.25 bits per heavy atom. The third-order valence-corrected chi connectivity index (χ3v) is 1.62. The Kier molecular flexibility index (Phi) is 5.66. The van der Waals surface area contributed by atoms with Gasteiger partial charge in [-0.2, -0.15) is 0 Å². The molecule has 0 saturated carbocycles. The van der Waals surface area contributed by atoms with Crippen LogP contribution in [0.3, 0.4) is 0 Å². The second kappa shape index (κ2) is 5.97. The van der Waals surface area contributed by atoms with Gasteiger partial charge in [-0.3, -0.25) is 9.69 Å². The highest BCUT2D eigenvalue weighted by atomic mass is 16.5. The summed E-state index contributed by atoms with van der Waals surface area (Å²) in [6, 6.07) is 0. The molecule has 0 aliphatic heterocycles. The van der Waals surface area contributed by atoms with Crippen molar-refractivity contribution in [1.82, 2.24) is 4.90 Å². The number of esters is 1. The zero-order valence-electron chi connectivity index (χ0n) is 7.91. The van der Waals surface area contributed by atoms with Gasteiger partial charge >= 0.3 is 5.97 Å². The van der Waals surface area contributed by atoms with Crippen molar-refractivity contribution in [2.45, 2.75) is 19.4 Å². The molecule has 1 atom stereocenters. The molecule has 0 radical (unpaired) electrons. The summed E-state index contributed by atoms with van der Waals surface area (Å²) in [5.74, 6) is -0.277. The number of ether oxygens (including phenoxy) is 1. The summed E-state index contributed by atoms with van der Waals surface area (Å²) in [5.41, 5.74) is 0. The molecule has 0 amide bonds. The van der Waals surface area contributed by atoms with Gasteiger partial charge in [-0.1, -0.05) is 6.92 Å². The second-order valence-corrected chi connectivity index (χ2v) is 2.83. The van der Waals surface area contributed by atoms with Crippen molar-refractivity contribution in [3.63, 3.8) is 0 Å². The highest BCUT2D eigenvalue weighted by Crippen LogP contribution is 1.93. The lowest BCUT2D eigenvalue weighted by molar-refractivity contribution is -0.141. The molecule has 0 fully saturated rings. The maximum Gasteiger partial charge on any atom is 0.319 e. The molecule has 72 valence electrons. The quantitative estimate of drug-likeness (QED) is 0.591. The molecule has 4 nitrogen and oxygen atoms in total. The summed E-state index contributed by atoms with van der Waals surface area (Å²) in [6.45, 7) is 2.63. The van der Waals surface area contributed by atoms with Gasteiger partial charge in [-0.15, -0.1) is 0 Å². The summed E-state index contributed by atoms with van der Waals surface area (Å²) >= 11 is 0. The predicted molar refractivity (Wildman–Crippen MR) is 45.8 cm³/mol. The van der Waals surface area contributed by atoms with Crippen molar-refractivity contribution in [3.8, 4) is 0 Å². The molecular weight excluding hydrogens is 158 g/mol. The number of carbonyl (C=O) groups is 1. The fraction of sp³-hybridized carbons (Fsp3) is 0.875. The van der Waals surface area contributed by atoms with Crippen LogP contribution in [-0.2, 0) is 9.53 Å². The number of likely N-dealkylation sites (N-methyl/N-ethyl adjacent to an activating group) is 1. The summed E-state index contributed by atoms with van der Waals surface area (Å²) in [5, 5.41) is 9.22. The third kappa shape index (κ3) is 5.09. The van der Waals surface area contributed by atoms with Crippen molar-refractivity contribution in [3.05, 3.63) is 0 Å². The monoisotopic (exact) mass is 175 g/mol. The van der Waals surface area contributed by atoms with Gasteiger partial charge in [0.05, 0.1) is 19.8 Å². The minimum atomic E-state index is -0.361. The Labute approximate surface area is 73.1 Å². The minimum absolute atomic E-state index is 0.230. The number of hydrogen-bond donors (Lipinski definition) is 1. The average molecular weight is 175 g/mol. The molecule has 0 aromatic carbocycles. The summed E-state index contributed by atoms with van der Waals surface area (Å²) in [7, 11) is 3.13. The molecule has 0 aromatic rings. The molecule has 0 spiro atoms. The fourth-order valence-corrected chi connectivity index (χ4v) is 0.838. The van der Waals surface area contributed by atoms with Crippen LogP contribution in [0.15, 0.2) is 0 Å². The zero-order valence-corrected chi connectivity index (χ0v) is 7.91. The van der Waals surface area contributed by atoms with Crippen LogP contribution in [0.2, 0.25) is 0 Å². The summed E-state index contributed by atoms with van der Waals surface area (Å²) < 4.78 is 4.47. The zero-order chi connectivity index (χ0) is 9.56. The van der Waals surface area contributed by atoms with E-state index < -0.39 is 0 Å². The SMILES string of the molecule is CCC(O)CN(C)CC(=O)OC. The molecule has 12 heavy (non-hydrogen) atoms. The van der Waals surface area contributed by atoms with Crippen LogP contribution in [0.25, 0.3) is 0 Å². The van der Waals surface area contributed by atoms with Gasteiger partial charge in [0.2, 0.25) is 0 Å². The van der Waals surface area contributed by atoms with Gasteiger partial charge in [0.1, 0.15) is 0 Å². The lowest BCUT2D eigenvalue weighted by Gasteiger charge is -2.17. The highest BCUT2D eigenvalue weighted by molar-refractivity contribution is 5.71. The Hall–Kier alpha value is -0.610. The van der Waals surface area contributed by atoms with Crippen LogP contribution in [0.4, 0.5) is 0 Å². The third-order valence-electron chi connectivity index (χ3n) is 1.62. The first kappa shape index (κ1) is 11.4. The van der Waals surface area contributed by atoms with E-state index >= 15 is 0 Å². The minimum Gasteiger partial charge on any atom is -0.468 e. The van der Waals surface area contributed by atoms with Gasteiger partial charge in [-0.05, 0) is 13.5 Å². The largest absolute Gasteiger partial charge is 0.468 e. The molecule has 0 saturated heterocycles. The number of hydrogen-bond acceptors (Lipinski definition) is 4. The average Bonchev–Trinajstić information content (AvgIpc) is 2.03. The van der Waals surface area contributed by atoms with Gasteiger partial charge < -0.3 is 9.84 Å². The van der Waals surface area contributed by atoms with E-state index in [0.717, 1.165) is 0 Å². The van der Waals surface area contributed by atoms with Crippen LogP contribution in [0.1, 0.15) is 13.3 Å². The van der Waals surface area contributed by atoms with E-state index in [1.807, 2.05) is 6.92 Å². The molecule has 4 heteroatoms. The van der Waals surface area contributed by atoms with Crippen molar-refractivity contribution in [1.29, 1.82) is 0 Å². The van der Waals surface area contributed by atoms with Gasteiger partial charge in [0.15, 0.2) is 0 Å². The topological polar surface area (TPSA) is 49.8 Å². The molecule has 1 N–H and O–H groups in total. The van der Waals surface area contributed by atoms with Gasteiger partial charge in [-0.25, -0.2) is 0 Å². The number of methoxy groups -OCH3 is 1. The van der Waals surface area contributed by atoms with Crippen LogP contribution in [0, 0.1) is 0 Å². The maximum atomic E-state index is 10.7. The Morgan fingerprint density at radius 1 is 1.67 bits per heavy atom. The predicted octanol–water partition coefficient (Wildman–Crippen LogP) is -0.138. The van der Waals surface area contributed by atoms with E-state index in [9.17, 15) is 9.90 Å². The van der Waals surface area contributed by atoms with Crippen molar-refractivity contribution >= 4 is 5.97 Å². The van der Waals surface area contributed by atoms with E-state index in [2.05, 4.69) is 4.74 Å². The van der Waals surface area contributed by atoms with Gasteiger partial charge in [0.25, 0.3) is 0 Å². The number of aliphatic hydroxyl groups is 1. The van der Waals surface area contributed by atoms with Crippen molar-refractivity contribution in [2.75, 3.05) is 27.2 Å². The first-order chi connectivity index (χ1) is 5.60. The van der Waals surface area contributed by atoms with Crippen LogP contribution in [0.5, 0.6) is 0 Å². The smallest absolute Gasteiger partial charge is 0.319 e. The molecule has 0 heterocycles. The Bertz CT molecular complexity index is 138. The van der Waals surface area contributed by atoms with E-state index in [0.29, 0.717) is 13.0 Å². The van der Waals surface area contributed by atoms with Crippen LogP contribution >= 0.6 is 0 Å². The maximum absolute atomic E-state index is 10.7. The van der Waals surface area contributed by atoms with E-state index in [1.54, 1.807) is 11.9 Å².